The minimum Gasteiger partial charge on any atom is -0.741 e. The quantitative estimate of drug-likeness (QED) is 0.252. The first-order chi connectivity index (χ1) is 7.51. The molecule has 0 bridgehead atoms. The van der Waals surface area contributed by atoms with Crippen molar-refractivity contribution in [2.45, 2.75) is 13.8 Å². The minimum absolute atomic E-state index is 0. The predicted octanol–water partition coefficient (Wildman–Crippen LogP) is -0.0197. The number of hydrogen-bond donors (Lipinski definition) is 2. The van der Waals surface area contributed by atoms with E-state index in [1.165, 1.54) is 0 Å². The van der Waals surface area contributed by atoms with Gasteiger partial charge in [0.05, 0.1) is 11.4 Å². The van der Waals surface area contributed by atoms with E-state index in [1.54, 1.807) is 27.9 Å². The van der Waals surface area contributed by atoms with Gasteiger partial charge in [-0.2, -0.15) is 10.2 Å². The van der Waals surface area contributed by atoms with Gasteiger partial charge in [0.2, 0.25) is 0 Å². The predicted molar refractivity (Wildman–Crippen MR) is 73.9 cm³/mol. The molecule has 0 aromatic rings. The Kier molecular flexibility index (Phi) is 11.4. The van der Waals surface area contributed by atoms with Gasteiger partial charge in [0.15, 0.2) is 0 Å². The monoisotopic (exact) mass is 321 g/mol. The van der Waals surface area contributed by atoms with Crippen molar-refractivity contribution >= 4 is 47.0 Å². The van der Waals surface area contributed by atoms with Crippen molar-refractivity contribution in [3.05, 3.63) is 0 Å². The summed E-state index contributed by atoms with van der Waals surface area (Å²) in [5.74, 6) is 0. The van der Waals surface area contributed by atoms with E-state index in [-0.39, 0.29) is 17.1 Å². The Labute approximate surface area is 123 Å². The van der Waals surface area contributed by atoms with Crippen molar-refractivity contribution in [1.29, 1.82) is 0 Å². The largest absolute Gasteiger partial charge is 2.00 e. The van der Waals surface area contributed by atoms with E-state index in [1.807, 2.05) is 0 Å². The second-order valence-corrected chi connectivity index (χ2v) is 3.45. The molecule has 0 aliphatic rings. The molecule has 99 valence electrons. The van der Waals surface area contributed by atoms with Crippen LogP contribution in [0, 0.1) is 0 Å². The Bertz CT molecular complexity index is 316. The van der Waals surface area contributed by atoms with Crippen LogP contribution in [0.4, 0.5) is 0 Å². The fourth-order valence-electron chi connectivity index (χ4n) is 0.525. The van der Waals surface area contributed by atoms with Crippen LogP contribution in [0.1, 0.15) is 13.8 Å². The molecule has 0 aliphatic heterocycles. The van der Waals surface area contributed by atoms with Gasteiger partial charge in [-0.15, -0.1) is 0 Å². The van der Waals surface area contributed by atoms with Crippen LogP contribution >= 0.6 is 0 Å². The van der Waals surface area contributed by atoms with Crippen molar-refractivity contribution < 1.29 is 17.1 Å². The van der Waals surface area contributed by atoms with Crippen LogP contribution in [0.3, 0.4) is 0 Å². The van der Waals surface area contributed by atoms with Crippen molar-refractivity contribution in [2.24, 2.45) is 20.2 Å². The van der Waals surface area contributed by atoms with Gasteiger partial charge < -0.3 is 25.3 Å². The van der Waals surface area contributed by atoms with Crippen molar-refractivity contribution in [2.75, 3.05) is 14.1 Å². The summed E-state index contributed by atoms with van der Waals surface area (Å²) >= 11 is 9.62. The fourth-order valence-corrected chi connectivity index (χ4v) is 0.616. The zero-order valence-electron chi connectivity index (χ0n) is 9.91. The van der Waals surface area contributed by atoms with Gasteiger partial charge in [0.25, 0.3) is 0 Å². The zero-order chi connectivity index (χ0) is 12.6. The first-order valence-corrected chi connectivity index (χ1v) is 5.21. The van der Waals surface area contributed by atoms with Gasteiger partial charge in [-0.3, -0.25) is 20.8 Å². The summed E-state index contributed by atoms with van der Waals surface area (Å²) in [5.41, 5.74) is 6.56. The summed E-state index contributed by atoms with van der Waals surface area (Å²) < 4.78 is 0. The molecular weight excluding hydrogens is 308 g/mol. The molecule has 6 nitrogen and oxygen atoms in total. The molecule has 0 rings (SSSR count). The van der Waals surface area contributed by atoms with E-state index in [4.69, 9.17) is 25.3 Å². The first kappa shape index (κ1) is 18.6. The number of nitrogens with one attached hydrogen (secondary N) is 2. The SMILES string of the molecule is CN=C([S-])N/N=C(C)\C(C)=N/NC([S-])=NC.[Cu+2]. The molecule has 0 amide bonds. The first-order valence-electron chi connectivity index (χ1n) is 4.39. The molecule has 0 heterocycles. The molecule has 2 N–H and O–H groups in total. The second kappa shape index (κ2) is 10.4. The number of rotatable bonds is 3. The van der Waals surface area contributed by atoms with Crippen LogP contribution in [0.5, 0.6) is 0 Å². The molecule has 0 spiro atoms. The van der Waals surface area contributed by atoms with Crippen LogP contribution < -0.4 is 10.9 Å². The Morgan fingerprint density at radius 2 is 1.12 bits per heavy atom. The Balaban J connectivity index is 0. The van der Waals surface area contributed by atoms with Crippen molar-refractivity contribution in [3.63, 3.8) is 0 Å². The summed E-state index contributed by atoms with van der Waals surface area (Å²) in [7, 11) is 3.17. The fraction of sp³-hybridized carbons (Fsp3) is 0.500. The van der Waals surface area contributed by atoms with E-state index in [2.05, 4.69) is 31.0 Å². The number of nitrogens with zero attached hydrogens (tertiary/aromatic N) is 4. The Morgan fingerprint density at radius 3 is 1.35 bits per heavy atom. The summed E-state index contributed by atoms with van der Waals surface area (Å²) in [5, 5.41) is 8.61. The summed E-state index contributed by atoms with van der Waals surface area (Å²) in [6.07, 6.45) is 0. The minimum atomic E-state index is 0. The van der Waals surface area contributed by atoms with Crippen LogP contribution in [-0.2, 0) is 42.3 Å². The van der Waals surface area contributed by atoms with E-state index >= 15 is 0 Å². The molecule has 0 saturated heterocycles. The average Bonchev–Trinajstić information content (AvgIpc) is 2.31. The van der Waals surface area contributed by atoms with Crippen LogP contribution in [0.2, 0.25) is 0 Å². The molecule has 0 aromatic carbocycles. The Hall–Kier alpha value is -0.761. The van der Waals surface area contributed by atoms with Crippen LogP contribution in [-0.4, -0.2) is 35.9 Å². The number of amidine groups is 2. The van der Waals surface area contributed by atoms with Gasteiger partial charge in [-0.05, 0) is 24.2 Å². The topological polar surface area (TPSA) is 73.5 Å². The molecule has 0 atom stereocenters. The molecule has 0 unspecified atom stereocenters. The average molecular weight is 322 g/mol. The third-order valence-electron chi connectivity index (χ3n) is 1.57. The molecule has 1 radical (unpaired) electrons. The smallest absolute Gasteiger partial charge is 0.741 e. The Morgan fingerprint density at radius 1 is 0.824 bits per heavy atom. The van der Waals surface area contributed by atoms with Crippen molar-refractivity contribution in [1.82, 2.24) is 10.9 Å². The standard InChI is InChI=1S/C8H16N6S2.Cu/c1-5(11-13-7(15)9-3)6(2)12-14-8(16)10-4;/h1-4H3,(H2,9,13,15)(H2,10,14,16);/q;+2/p-2/b11-5-,12-6-;. The molecule has 0 aromatic heterocycles. The van der Waals surface area contributed by atoms with E-state index in [0.717, 1.165) is 0 Å². The van der Waals surface area contributed by atoms with Crippen LogP contribution in [0.25, 0.3) is 0 Å². The molecule has 17 heavy (non-hydrogen) atoms. The van der Waals surface area contributed by atoms with E-state index in [9.17, 15) is 0 Å². The van der Waals surface area contributed by atoms with Gasteiger partial charge >= 0.3 is 17.1 Å². The molecule has 0 fully saturated rings. The maximum Gasteiger partial charge on any atom is 2.00 e. The summed E-state index contributed by atoms with van der Waals surface area (Å²) in [6, 6.07) is 0. The molecule has 9 heteroatoms. The summed E-state index contributed by atoms with van der Waals surface area (Å²) in [6.45, 7) is 3.58. The van der Waals surface area contributed by atoms with E-state index < -0.39 is 0 Å². The third kappa shape index (κ3) is 8.99. The third-order valence-corrected chi connectivity index (χ3v) is 2.12. The number of hydrazone groups is 2. The molecular formula is C8H14CuN6S2. The van der Waals surface area contributed by atoms with Gasteiger partial charge in [-0.1, -0.05) is 0 Å². The van der Waals surface area contributed by atoms with Gasteiger partial charge in [0.1, 0.15) is 0 Å². The van der Waals surface area contributed by atoms with Gasteiger partial charge in [0, 0.05) is 14.1 Å². The summed E-state index contributed by atoms with van der Waals surface area (Å²) in [4.78, 5) is 7.46. The second-order valence-electron chi connectivity index (χ2n) is 2.68. The number of hydrogen-bond acceptors (Lipinski definition) is 6. The molecule has 0 saturated carbocycles. The maximum absolute atomic E-state index is 4.81. The number of aliphatic imine (C=N–C) groups is 2. The van der Waals surface area contributed by atoms with Gasteiger partial charge in [-0.25, -0.2) is 0 Å². The van der Waals surface area contributed by atoms with E-state index in [0.29, 0.717) is 21.8 Å². The molecule has 0 aliphatic carbocycles. The maximum atomic E-state index is 4.81. The zero-order valence-corrected chi connectivity index (χ0v) is 12.5. The van der Waals surface area contributed by atoms with Crippen molar-refractivity contribution in [3.8, 4) is 0 Å². The normalized spacial score (nSPS) is 14.1. The van der Waals surface area contributed by atoms with Crippen LogP contribution in [0.15, 0.2) is 20.2 Å².